The Hall–Kier alpha value is -4.24. The van der Waals surface area contributed by atoms with Crippen LogP contribution in [0.1, 0.15) is 24.3 Å². The van der Waals surface area contributed by atoms with Crippen LogP contribution in [-0.2, 0) is 9.59 Å². The molecule has 2 rings (SSSR count). The molecule has 0 spiro atoms. The molecule has 16 nitrogen and oxygen atoms in total. The van der Waals surface area contributed by atoms with Crippen LogP contribution in [0.2, 0.25) is 0 Å². The normalized spacial score (nSPS) is 27.5. The highest BCUT2D eigenvalue weighted by molar-refractivity contribution is 5.86. The number of hydrogen-bond donors (Lipinski definition) is 2. The van der Waals surface area contributed by atoms with Gasteiger partial charge in [-0.05, 0) is 5.56 Å². The second kappa shape index (κ2) is 6.98. The maximum atomic E-state index is 12.1. The van der Waals surface area contributed by atoms with E-state index in [4.69, 9.17) is 0 Å². The van der Waals surface area contributed by atoms with E-state index in [1.165, 1.54) is 18.2 Å². The van der Waals surface area contributed by atoms with Crippen LogP contribution in [0.15, 0.2) is 30.3 Å². The van der Waals surface area contributed by atoms with E-state index in [1.54, 1.807) is 0 Å². The zero-order chi connectivity index (χ0) is 23.1. The van der Waals surface area contributed by atoms with Crippen molar-refractivity contribution in [3.63, 3.8) is 0 Å². The molecular formula is C14H12N4O12. The van der Waals surface area contributed by atoms with Gasteiger partial charge >= 0.3 is 28.7 Å². The highest BCUT2D eigenvalue weighted by Crippen LogP contribution is 2.55. The number of carboxylic acid groups (broad SMARTS) is 2. The number of nitro groups is 4. The van der Waals surface area contributed by atoms with Crippen molar-refractivity contribution in [2.75, 3.05) is 0 Å². The molecule has 1 saturated carbocycles. The van der Waals surface area contributed by atoms with E-state index >= 15 is 0 Å². The second-order valence-electron chi connectivity index (χ2n) is 6.67. The summed E-state index contributed by atoms with van der Waals surface area (Å²) in [6.45, 7) is 0. The third-order valence-corrected chi connectivity index (χ3v) is 5.27. The fourth-order valence-corrected chi connectivity index (χ4v) is 3.94. The van der Waals surface area contributed by atoms with E-state index in [9.17, 15) is 60.3 Å². The summed E-state index contributed by atoms with van der Waals surface area (Å²) in [4.78, 5) is 64.4. The Labute approximate surface area is 164 Å². The molecule has 1 fully saturated rings. The van der Waals surface area contributed by atoms with E-state index in [2.05, 4.69) is 0 Å². The molecule has 0 radical (unpaired) electrons. The number of nitrogens with zero attached hydrogens (tertiary/aromatic N) is 4. The first kappa shape index (κ1) is 22.1. The van der Waals surface area contributed by atoms with Crippen LogP contribution in [0.5, 0.6) is 0 Å². The number of carboxylic acids is 2. The average molecular weight is 428 g/mol. The zero-order valence-corrected chi connectivity index (χ0v) is 14.6. The Kier molecular flexibility index (Phi) is 5.13. The van der Waals surface area contributed by atoms with Gasteiger partial charge in [0.15, 0.2) is 12.8 Å². The summed E-state index contributed by atoms with van der Waals surface area (Å²) in [6, 6.07) is 5.64. The maximum absolute atomic E-state index is 12.1. The highest BCUT2D eigenvalue weighted by Gasteiger charge is 2.88. The molecule has 0 heterocycles. The molecule has 0 amide bonds. The zero-order valence-electron chi connectivity index (χ0n) is 14.6. The van der Waals surface area contributed by atoms with Crippen LogP contribution < -0.4 is 0 Å². The summed E-state index contributed by atoms with van der Waals surface area (Å²) in [6.07, 6.45) is -3.82. The lowest BCUT2D eigenvalue weighted by atomic mass is 9.57. The third-order valence-electron chi connectivity index (χ3n) is 5.27. The molecule has 2 N–H and O–H groups in total. The van der Waals surface area contributed by atoms with Gasteiger partial charge in [0.25, 0.3) is 0 Å². The Bertz CT molecular complexity index is 875. The first-order chi connectivity index (χ1) is 13.8. The molecule has 1 aliphatic carbocycles. The van der Waals surface area contributed by atoms with Gasteiger partial charge in [0.1, 0.15) is 5.92 Å². The van der Waals surface area contributed by atoms with Gasteiger partial charge in [0.2, 0.25) is 0 Å². The smallest absolute Gasteiger partial charge is 0.473 e. The Morgan fingerprint density at radius 2 is 1.13 bits per heavy atom. The lowest BCUT2D eigenvalue weighted by Gasteiger charge is -2.41. The van der Waals surface area contributed by atoms with Gasteiger partial charge in [0.05, 0.1) is 9.85 Å². The predicted molar refractivity (Wildman–Crippen MR) is 89.9 cm³/mol. The summed E-state index contributed by atoms with van der Waals surface area (Å²) in [7, 11) is 0. The minimum atomic E-state index is -3.82. The molecule has 2 unspecified atom stereocenters. The lowest BCUT2D eigenvalue weighted by Crippen LogP contribution is -2.75. The van der Waals surface area contributed by atoms with Crippen molar-refractivity contribution >= 4 is 11.9 Å². The summed E-state index contributed by atoms with van der Waals surface area (Å²) >= 11 is 0. The van der Waals surface area contributed by atoms with Crippen molar-refractivity contribution in [3.05, 3.63) is 76.4 Å². The molecule has 0 aliphatic heterocycles. The minimum Gasteiger partial charge on any atom is -0.476 e. The lowest BCUT2D eigenvalue weighted by molar-refractivity contribution is -0.819. The number of hydrogen-bond acceptors (Lipinski definition) is 10. The van der Waals surface area contributed by atoms with Crippen molar-refractivity contribution in [3.8, 4) is 0 Å². The van der Waals surface area contributed by atoms with Gasteiger partial charge in [-0.15, -0.1) is 0 Å². The van der Waals surface area contributed by atoms with Gasteiger partial charge in [-0.25, -0.2) is 9.59 Å². The SMILES string of the molecule is O=C(O)C1([N+](=O)[O-])CC([N+](=O)[O-])([N+](=O)[O-])CC(C(=O)O)([N+](=O)[O-])C1c1ccccc1. The fourth-order valence-electron chi connectivity index (χ4n) is 3.94. The van der Waals surface area contributed by atoms with Gasteiger partial charge in [-0.2, -0.15) is 0 Å². The molecule has 160 valence electrons. The van der Waals surface area contributed by atoms with Crippen LogP contribution in [0.3, 0.4) is 0 Å². The third kappa shape index (κ3) is 2.68. The average Bonchev–Trinajstić information content (AvgIpc) is 2.66. The Morgan fingerprint density at radius 1 is 0.767 bits per heavy atom. The topological polar surface area (TPSA) is 247 Å². The van der Waals surface area contributed by atoms with Crippen molar-refractivity contribution in [1.29, 1.82) is 0 Å². The summed E-state index contributed by atoms with van der Waals surface area (Å²) in [5.41, 5.74) is -11.9. The molecule has 1 aliphatic rings. The summed E-state index contributed by atoms with van der Waals surface area (Å²) < 4.78 is 0. The Morgan fingerprint density at radius 3 is 1.40 bits per heavy atom. The second-order valence-corrected chi connectivity index (χ2v) is 6.67. The Balaban J connectivity index is 3.12. The van der Waals surface area contributed by atoms with Gasteiger partial charge in [-0.3, -0.25) is 40.5 Å². The van der Waals surface area contributed by atoms with Gasteiger partial charge in [0, 0.05) is 9.85 Å². The molecule has 16 heteroatoms. The van der Waals surface area contributed by atoms with Crippen LogP contribution in [0, 0.1) is 40.5 Å². The number of carbonyl (C=O) groups is 2. The molecule has 1 aromatic carbocycles. The summed E-state index contributed by atoms with van der Waals surface area (Å²) in [5, 5.41) is 66.3. The molecule has 0 bridgehead atoms. The number of benzene rings is 1. The predicted octanol–water partition coefficient (Wildman–Crippen LogP) is 0.0139. The van der Waals surface area contributed by atoms with Crippen molar-refractivity contribution < 1.29 is 39.5 Å². The molecule has 30 heavy (non-hydrogen) atoms. The van der Waals surface area contributed by atoms with E-state index in [1.807, 2.05) is 0 Å². The standard InChI is InChI=1S/C14H12N4O12/c19-10(20)13(17(27)28)6-12(15(23)24,16(25)26)7-14(11(21)22,18(29)30)9(13)8-4-2-1-3-5-8/h1-5,9H,6-7H2,(H,19,20)(H,21,22). The van der Waals surface area contributed by atoms with E-state index in [0.29, 0.717) is 0 Å². The largest absolute Gasteiger partial charge is 0.476 e. The maximum Gasteiger partial charge on any atom is 0.473 e. The summed E-state index contributed by atoms with van der Waals surface area (Å²) in [5.74, 6) is -7.58. The highest BCUT2D eigenvalue weighted by atomic mass is 16.7. The monoisotopic (exact) mass is 428 g/mol. The fraction of sp³-hybridized carbons (Fsp3) is 0.429. The number of rotatable bonds is 7. The van der Waals surface area contributed by atoms with Crippen LogP contribution in [0.4, 0.5) is 0 Å². The van der Waals surface area contributed by atoms with Gasteiger partial charge < -0.3 is 10.2 Å². The molecule has 0 aromatic heterocycles. The van der Waals surface area contributed by atoms with Crippen molar-refractivity contribution in [2.24, 2.45) is 0 Å². The molecular weight excluding hydrogens is 416 g/mol. The number of aliphatic carboxylic acids is 2. The minimum absolute atomic E-state index is 0.504. The van der Waals surface area contributed by atoms with E-state index in [0.717, 1.165) is 12.1 Å². The molecule has 0 saturated heterocycles. The van der Waals surface area contributed by atoms with Crippen LogP contribution in [-0.4, -0.2) is 58.6 Å². The first-order valence-corrected chi connectivity index (χ1v) is 7.90. The molecule has 2 atom stereocenters. The van der Waals surface area contributed by atoms with Gasteiger partial charge in [-0.1, -0.05) is 30.3 Å². The van der Waals surface area contributed by atoms with E-state index < -0.39 is 72.7 Å². The molecule has 1 aromatic rings. The quantitative estimate of drug-likeness (QED) is 0.331. The van der Waals surface area contributed by atoms with Crippen molar-refractivity contribution in [2.45, 2.75) is 35.5 Å². The van der Waals surface area contributed by atoms with Crippen LogP contribution >= 0.6 is 0 Å². The van der Waals surface area contributed by atoms with Crippen molar-refractivity contribution in [1.82, 2.24) is 0 Å². The first-order valence-electron chi connectivity index (χ1n) is 7.90. The van der Waals surface area contributed by atoms with Crippen LogP contribution in [0.25, 0.3) is 0 Å². The van der Waals surface area contributed by atoms with E-state index in [-0.39, 0.29) is 0 Å².